The monoisotopic (exact) mass is 308 g/mol. The smallest absolute Gasteiger partial charge is 0.180 e. The molecule has 0 aliphatic heterocycles. The van der Waals surface area contributed by atoms with Gasteiger partial charge in [0.05, 0.1) is 25.5 Å². The largest absolute Gasteiger partial charge is 0.493 e. The molecule has 3 rings (SSSR count). The van der Waals surface area contributed by atoms with Gasteiger partial charge in [0, 0.05) is 11.3 Å². The highest BCUT2D eigenvalue weighted by atomic mass is 16.5. The Hall–Kier alpha value is -2.69. The first-order valence-corrected chi connectivity index (χ1v) is 7.56. The van der Waals surface area contributed by atoms with Crippen LogP contribution in [-0.2, 0) is 6.54 Å². The van der Waals surface area contributed by atoms with Crippen molar-refractivity contribution in [2.45, 2.75) is 27.3 Å². The maximum Gasteiger partial charge on any atom is 0.180 e. The second-order valence-electron chi connectivity index (χ2n) is 5.55. The molecule has 2 heterocycles. The number of hydrogen-bond donors (Lipinski definition) is 0. The molecule has 0 amide bonds. The van der Waals surface area contributed by atoms with E-state index in [0.717, 1.165) is 29.2 Å². The fourth-order valence-corrected chi connectivity index (χ4v) is 2.53. The molecule has 0 saturated carbocycles. The molecule has 0 unspecified atom stereocenters. The summed E-state index contributed by atoms with van der Waals surface area (Å²) >= 11 is 0. The van der Waals surface area contributed by atoms with Gasteiger partial charge in [0.2, 0.25) is 0 Å². The van der Waals surface area contributed by atoms with E-state index in [1.165, 1.54) is 5.56 Å². The summed E-state index contributed by atoms with van der Waals surface area (Å²) in [6, 6.07) is 10.3. The summed E-state index contributed by atoms with van der Waals surface area (Å²) in [6.07, 6.45) is 1.70. The van der Waals surface area contributed by atoms with Crippen molar-refractivity contribution in [1.29, 1.82) is 0 Å². The van der Waals surface area contributed by atoms with E-state index in [2.05, 4.69) is 35.9 Å². The molecule has 0 aliphatic carbocycles. The first-order chi connectivity index (χ1) is 11.1. The van der Waals surface area contributed by atoms with Crippen molar-refractivity contribution in [3.63, 3.8) is 0 Å². The third kappa shape index (κ3) is 2.95. The third-order valence-electron chi connectivity index (χ3n) is 4.05. The Balaban J connectivity index is 1.98. The van der Waals surface area contributed by atoms with Crippen LogP contribution in [0.25, 0.3) is 11.5 Å². The van der Waals surface area contributed by atoms with Gasteiger partial charge in [0.15, 0.2) is 11.6 Å². The molecule has 0 atom stereocenters. The number of ether oxygens (including phenoxy) is 1. The van der Waals surface area contributed by atoms with Crippen molar-refractivity contribution in [2.75, 3.05) is 7.11 Å². The van der Waals surface area contributed by atoms with Crippen LogP contribution in [0.1, 0.15) is 22.5 Å². The van der Waals surface area contributed by atoms with Gasteiger partial charge in [-0.05, 0) is 26.3 Å². The van der Waals surface area contributed by atoms with Gasteiger partial charge >= 0.3 is 0 Å². The lowest BCUT2D eigenvalue weighted by Crippen LogP contribution is -2.04. The van der Waals surface area contributed by atoms with Crippen LogP contribution in [0.5, 0.6) is 5.75 Å². The first-order valence-electron chi connectivity index (χ1n) is 7.56. The Labute approximate surface area is 136 Å². The Morgan fingerprint density at radius 3 is 2.48 bits per heavy atom. The van der Waals surface area contributed by atoms with Crippen molar-refractivity contribution in [1.82, 2.24) is 19.7 Å². The highest BCUT2D eigenvalue weighted by molar-refractivity contribution is 5.56. The average molecular weight is 308 g/mol. The molecule has 5 nitrogen and oxygen atoms in total. The molecular weight excluding hydrogens is 288 g/mol. The predicted octanol–water partition coefficient (Wildman–Crippen LogP) is 3.32. The van der Waals surface area contributed by atoms with Crippen LogP contribution in [-0.4, -0.2) is 26.9 Å². The number of nitrogens with zero attached hydrogens (tertiary/aromatic N) is 4. The predicted molar refractivity (Wildman–Crippen MR) is 89.6 cm³/mol. The van der Waals surface area contributed by atoms with Gasteiger partial charge in [-0.2, -0.15) is 5.10 Å². The molecule has 0 N–H and O–H groups in total. The van der Waals surface area contributed by atoms with E-state index in [1.807, 2.05) is 29.8 Å². The highest BCUT2D eigenvalue weighted by Gasteiger charge is 2.16. The number of rotatable bonds is 4. The minimum atomic E-state index is 0.635. The first kappa shape index (κ1) is 15.2. The SMILES string of the molecule is COc1cnc(-c2nn(Cc3ccccc3)c(C)c2C)nc1C. The number of aryl methyl sites for hydroxylation is 1. The van der Waals surface area contributed by atoms with Crippen LogP contribution in [0.4, 0.5) is 0 Å². The van der Waals surface area contributed by atoms with Crippen LogP contribution in [0.3, 0.4) is 0 Å². The number of hydrogen-bond acceptors (Lipinski definition) is 4. The van der Waals surface area contributed by atoms with Crippen LogP contribution in [0, 0.1) is 20.8 Å². The molecule has 0 saturated heterocycles. The molecule has 0 bridgehead atoms. The van der Waals surface area contributed by atoms with Gasteiger partial charge in [-0.15, -0.1) is 0 Å². The zero-order chi connectivity index (χ0) is 16.4. The summed E-state index contributed by atoms with van der Waals surface area (Å²) in [5.41, 5.74) is 5.08. The summed E-state index contributed by atoms with van der Waals surface area (Å²) in [4.78, 5) is 8.92. The van der Waals surface area contributed by atoms with Gasteiger partial charge in [-0.3, -0.25) is 4.68 Å². The fourth-order valence-electron chi connectivity index (χ4n) is 2.53. The van der Waals surface area contributed by atoms with E-state index in [1.54, 1.807) is 13.3 Å². The summed E-state index contributed by atoms with van der Waals surface area (Å²) in [6.45, 7) is 6.78. The Kier molecular flexibility index (Phi) is 4.10. The van der Waals surface area contributed by atoms with Gasteiger partial charge in [-0.1, -0.05) is 30.3 Å². The highest BCUT2D eigenvalue weighted by Crippen LogP contribution is 2.24. The molecular formula is C18H20N4O. The van der Waals surface area contributed by atoms with Crippen molar-refractivity contribution in [3.05, 3.63) is 59.0 Å². The summed E-state index contributed by atoms with van der Waals surface area (Å²) < 4.78 is 7.23. The maximum atomic E-state index is 5.22. The van der Waals surface area contributed by atoms with Crippen molar-refractivity contribution in [3.8, 4) is 17.3 Å². The lowest BCUT2D eigenvalue weighted by atomic mass is 10.2. The van der Waals surface area contributed by atoms with Crippen molar-refractivity contribution >= 4 is 0 Å². The molecule has 23 heavy (non-hydrogen) atoms. The molecule has 0 aliphatic rings. The number of benzene rings is 1. The van der Waals surface area contributed by atoms with Crippen LogP contribution < -0.4 is 4.74 Å². The fraction of sp³-hybridized carbons (Fsp3) is 0.278. The third-order valence-corrected chi connectivity index (χ3v) is 4.05. The molecule has 1 aromatic carbocycles. The molecule has 0 radical (unpaired) electrons. The lowest BCUT2D eigenvalue weighted by molar-refractivity contribution is 0.407. The van der Waals surface area contributed by atoms with E-state index in [4.69, 9.17) is 9.84 Å². The number of aromatic nitrogens is 4. The lowest BCUT2D eigenvalue weighted by Gasteiger charge is -2.05. The summed E-state index contributed by atoms with van der Waals surface area (Å²) in [5.74, 6) is 1.32. The van der Waals surface area contributed by atoms with Gasteiger partial charge in [-0.25, -0.2) is 9.97 Å². The Morgan fingerprint density at radius 2 is 1.83 bits per heavy atom. The molecule has 2 aromatic heterocycles. The Bertz CT molecular complexity index is 825. The molecule has 3 aromatic rings. The van der Waals surface area contributed by atoms with E-state index in [-0.39, 0.29) is 0 Å². The van der Waals surface area contributed by atoms with Crippen molar-refractivity contribution in [2.24, 2.45) is 0 Å². The van der Waals surface area contributed by atoms with E-state index < -0.39 is 0 Å². The normalized spacial score (nSPS) is 10.8. The van der Waals surface area contributed by atoms with Gasteiger partial charge < -0.3 is 4.74 Å². The van der Waals surface area contributed by atoms with Crippen LogP contribution in [0.2, 0.25) is 0 Å². The van der Waals surface area contributed by atoms with Crippen LogP contribution >= 0.6 is 0 Å². The van der Waals surface area contributed by atoms with E-state index in [9.17, 15) is 0 Å². The second kappa shape index (κ2) is 6.20. The molecule has 0 spiro atoms. The zero-order valence-electron chi connectivity index (χ0n) is 13.9. The van der Waals surface area contributed by atoms with Gasteiger partial charge in [0.1, 0.15) is 5.69 Å². The standard InChI is InChI=1S/C18H20N4O/c1-12-14(3)22(11-15-8-6-5-7-9-15)21-17(12)18-19-10-16(23-4)13(2)20-18/h5-10H,11H2,1-4H3. The minimum Gasteiger partial charge on any atom is -0.493 e. The number of methoxy groups -OCH3 is 1. The molecule has 118 valence electrons. The molecule has 5 heteroatoms. The maximum absolute atomic E-state index is 5.22. The quantitative estimate of drug-likeness (QED) is 0.742. The Morgan fingerprint density at radius 1 is 1.09 bits per heavy atom. The zero-order valence-corrected chi connectivity index (χ0v) is 13.9. The average Bonchev–Trinajstić information content (AvgIpc) is 2.84. The van der Waals surface area contributed by atoms with Crippen LogP contribution in [0.15, 0.2) is 36.5 Å². The minimum absolute atomic E-state index is 0.635. The van der Waals surface area contributed by atoms with E-state index in [0.29, 0.717) is 11.6 Å². The molecule has 0 fully saturated rings. The second-order valence-corrected chi connectivity index (χ2v) is 5.55. The van der Waals surface area contributed by atoms with Gasteiger partial charge in [0.25, 0.3) is 0 Å². The summed E-state index contributed by atoms with van der Waals surface area (Å²) in [7, 11) is 1.62. The van der Waals surface area contributed by atoms with Crippen molar-refractivity contribution < 1.29 is 4.74 Å². The topological polar surface area (TPSA) is 52.8 Å². The van der Waals surface area contributed by atoms with E-state index >= 15 is 0 Å². The summed E-state index contributed by atoms with van der Waals surface area (Å²) in [5, 5.41) is 4.72.